The van der Waals surface area contributed by atoms with Crippen molar-refractivity contribution in [3.63, 3.8) is 0 Å². The highest BCUT2D eigenvalue weighted by Crippen LogP contribution is 2.17. The first-order chi connectivity index (χ1) is 11.6. The second-order valence-corrected chi connectivity index (χ2v) is 4.01. The molecule has 0 aliphatic heterocycles. The Kier molecular flexibility index (Phi) is 2.89. The molecule has 0 fully saturated rings. The smallest absolute Gasteiger partial charge is 0.269 e. The van der Waals surface area contributed by atoms with Crippen LogP contribution in [-0.4, -0.2) is 16.5 Å². The molecule has 0 N–H and O–H groups in total. The summed E-state index contributed by atoms with van der Waals surface area (Å²) in [6.07, 6.45) is -0.824. The van der Waals surface area contributed by atoms with Gasteiger partial charge in [-0.05, 0) is 30.1 Å². The molecule has 5 nitrogen and oxygen atoms in total. The molecule has 0 bridgehead atoms. The molecule has 0 saturated heterocycles. The lowest BCUT2D eigenvalue weighted by atomic mass is 10.2. The second-order valence-electron chi connectivity index (χ2n) is 4.01. The van der Waals surface area contributed by atoms with E-state index in [2.05, 4.69) is 4.98 Å². The van der Waals surface area contributed by atoms with Crippen molar-refractivity contribution in [1.82, 2.24) is 4.98 Å². The molecule has 2 aromatic rings. The first kappa shape index (κ1) is 8.68. The Hall–Kier alpha value is -2.43. The molecule has 2 rings (SSSR count). The summed E-state index contributed by atoms with van der Waals surface area (Å²) in [4.78, 5) is 14.1. The minimum atomic E-state index is -2.77. The Morgan fingerprint density at radius 3 is 2.75 bits per heavy atom. The van der Waals surface area contributed by atoms with Crippen LogP contribution in [-0.2, 0) is 12.8 Å². The topological polar surface area (TPSA) is 65.3 Å². The molecule has 0 unspecified atom stereocenters. The highest BCUT2D eigenvalue weighted by Gasteiger charge is 2.04. The number of nitrogens with zero attached hydrogens (tertiary/aromatic N) is 2. The lowest BCUT2D eigenvalue weighted by Crippen LogP contribution is -2.03. The van der Waals surface area contributed by atoms with Crippen LogP contribution in [0.25, 0.3) is 0 Å². The van der Waals surface area contributed by atoms with E-state index < -0.39 is 18.1 Å². The van der Waals surface area contributed by atoms with Gasteiger partial charge in [0, 0.05) is 37.3 Å². The van der Waals surface area contributed by atoms with Gasteiger partial charge in [0.05, 0.1) is 11.5 Å². The van der Waals surface area contributed by atoms with Gasteiger partial charge in [-0.15, -0.1) is 0 Å². The summed E-state index contributed by atoms with van der Waals surface area (Å²) < 4.78 is 42.6. The predicted molar refractivity (Wildman–Crippen MR) is 75.9 cm³/mol. The van der Waals surface area contributed by atoms with Crippen molar-refractivity contribution in [3.05, 3.63) is 64.0 Å². The van der Waals surface area contributed by atoms with Crippen LogP contribution in [0, 0.1) is 10.1 Å². The first-order valence-electron chi connectivity index (χ1n) is 8.44. The van der Waals surface area contributed by atoms with E-state index in [9.17, 15) is 10.1 Å². The number of aromatic nitrogens is 1. The van der Waals surface area contributed by atoms with E-state index in [1.165, 1.54) is 36.5 Å². The molecule has 0 saturated carbocycles. The summed E-state index contributed by atoms with van der Waals surface area (Å²) in [6.45, 7) is -2.49. The molecule has 104 valence electrons. The van der Waals surface area contributed by atoms with E-state index in [-0.39, 0.29) is 17.9 Å². The zero-order chi connectivity index (χ0) is 18.7. The maximum Gasteiger partial charge on any atom is 0.269 e. The molecule has 0 atom stereocenters. The minimum absolute atomic E-state index is 0.00691. The molecule has 0 radical (unpaired) electrons. The molecular weight excluding hydrogens is 256 g/mol. The third-order valence-corrected chi connectivity index (χ3v) is 2.64. The molecule has 0 amide bonds. The molecular formula is C15H16N2O3. The van der Waals surface area contributed by atoms with E-state index in [1.54, 1.807) is 6.07 Å². The van der Waals surface area contributed by atoms with Crippen molar-refractivity contribution in [2.24, 2.45) is 0 Å². The number of nitro groups is 1. The monoisotopic (exact) mass is 277 g/mol. The van der Waals surface area contributed by atoms with E-state index in [4.69, 9.17) is 11.6 Å². The number of hydrogen-bond donors (Lipinski definition) is 0. The van der Waals surface area contributed by atoms with Crippen LogP contribution >= 0.6 is 0 Å². The maximum atomic E-state index is 10.6. The zero-order valence-corrected chi connectivity index (χ0v) is 10.6. The fraction of sp³-hybridized carbons (Fsp3) is 0.267. The number of aryl methyl sites for hydroxylation is 1. The van der Waals surface area contributed by atoms with Gasteiger partial charge in [0.1, 0.15) is 5.75 Å². The fourth-order valence-electron chi connectivity index (χ4n) is 1.58. The maximum absolute atomic E-state index is 10.6. The van der Waals surface area contributed by atoms with E-state index >= 15 is 0 Å². The Labute approximate surface area is 124 Å². The van der Waals surface area contributed by atoms with Gasteiger partial charge in [-0.2, -0.15) is 0 Å². The van der Waals surface area contributed by atoms with E-state index in [0.717, 1.165) is 0 Å². The Balaban J connectivity index is 1.93. The summed E-state index contributed by atoms with van der Waals surface area (Å²) >= 11 is 0. The minimum Gasteiger partial charge on any atom is -0.493 e. The average Bonchev–Trinajstić information content (AvgIpc) is 2.55. The van der Waals surface area contributed by atoms with Crippen LogP contribution in [0.4, 0.5) is 5.69 Å². The quantitative estimate of drug-likeness (QED) is 0.601. The summed E-state index contributed by atoms with van der Waals surface area (Å²) in [5, 5.41) is 10.6. The van der Waals surface area contributed by atoms with Crippen LogP contribution < -0.4 is 4.74 Å². The summed E-state index contributed by atoms with van der Waals surface area (Å²) in [7, 11) is 0. The Morgan fingerprint density at radius 2 is 2.15 bits per heavy atom. The molecule has 20 heavy (non-hydrogen) atoms. The third-order valence-electron chi connectivity index (χ3n) is 2.64. The molecule has 1 aromatic heterocycles. The van der Waals surface area contributed by atoms with Crippen LogP contribution in [0.3, 0.4) is 0 Å². The zero-order valence-electron chi connectivity index (χ0n) is 15.6. The largest absolute Gasteiger partial charge is 0.493 e. The van der Waals surface area contributed by atoms with Gasteiger partial charge >= 0.3 is 0 Å². The van der Waals surface area contributed by atoms with E-state index in [1.807, 2.05) is 0 Å². The number of non-ortho nitro benzene ring substituents is 1. The average molecular weight is 277 g/mol. The van der Waals surface area contributed by atoms with Crippen molar-refractivity contribution in [2.45, 2.75) is 19.6 Å². The number of nitro benzene ring substituents is 1. The Bertz CT molecular complexity index is 730. The summed E-state index contributed by atoms with van der Waals surface area (Å²) in [6, 6.07) is 8.65. The molecule has 5 heteroatoms. The number of ether oxygens (including phenoxy) is 1. The third kappa shape index (κ3) is 3.78. The molecule has 0 aliphatic carbocycles. The van der Waals surface area contributed by atoms with Gasteiger partial charge in [0.2, 0.25) is 0 Å². The summed E-state index contributed by atoms with van der Waals surface area (Å²) in [5.41, 5.74) is 0.590. The standard InChI is InChI=1S/C15H16N2O3/c1-2-12-3-4-13(16-11-12)9-10-20-15-7-5-14(6-8-15)17(18)19/h3-8,11H,2,9-10H2,1H3/i1D3,2D2. The highest BCUT2D eigenvalue weighted by molar-refractivity contribution is 5.35. The van der Waals surface area contributed by atoms with E-state index in [0.29, 0.717) is 17.9 Å². The van der Waals surface area contributed by atoms with Crippen LogP contribution in [0.2, 0.25) is 0 Å². The van der Waals surface area contributed by atoms with Crippen LogP contribution in [0.15, 0.2) is 42.6 Å². The van der Waals surface area contributed by atoms with Crippen LogP contribution in [0.5, 0.6) is 5.75 Å². The van der Waals surface area contributed by atoms with Crippen molar-refractivity contribution < 1.29 is 16.5 Å². The number of benzene rings is 1. The lowest BCUT2D eigenvalue weighted by molar-refractivity contribution is -0.384. The van der Waals surface area contributed by atoms with Crippen molar-refractivity contribution in [3.8, 4) is 5.75 Å². The predicted octanol–water partition coefficient (Wildman–Crippen LogP) is 3.17. The van der Waals surface area contributed by atoms with Crippen molar-refractivity contribution in [1.29, 1.82) is 0 Å². The van der Waals surface area contributed by atoms with Gasteiger partial charge in [-0.25, -0.2) is 0 Å². The molecule has 0 aliphatic rings. The normalized spacial score (nSPS) is 15.3. The number of rotatable bonds is 6. The first-order valence-corrected chi connectivity index (χ1v) is 5.94. The van der Waals surface area contributed by atoms with Crippen LogP contribution in [0.1, 0.15) is 25.0 Å². The highest BCUT2D eigenvalue weighted by atomic mass is 16.6. The SMILES string of the molecule is [2H]C([2H])([2H])C([2H])([2H])c1ccc(CCOc2ccc([N+](=O)[O-])cc2)nc1. The summed E-state index contributed by atoms with van der Waals surface area (Å²) in [5.74, 6) is 0.487. The van der Waals surface area contributed by atoms with Gasteiger partial charge in [-0.1, -0.05) is 12.9 Å². The second kappa shape index (κ2) is 6.65. The molecule has 1 heterocycles. The van der Waals surface area contributed by atoms with Gasteiger partial charge in [-0.3, -0.25) is 15.1 Å². The van der Waals surface area contributed by atoms with Crippen molar-refractivity contribution in [2.75, 3.05) is 6.61 Å². The van der Waals surface area contributed by atoms with Gasteiger partial charge in [0.25, 0.3) is 5.69 Å². The lowest BCUT2D eigenvalue weighted by Gasteiger charge is -2.06. The van der Waals surface area contributed by atoms with Gasteiger partial charge < -0.3 is 4.74 Å². The number of hydrogen-bond acceptors (Lipinski definition) is 4. The molecule has 1 aromatic carbocycles. The Morgan fingerprint density at radius 1 is 1.35 bits per heavy atom. The van der Waals surface area contributed by atoms with Gasteiger partial charge in [0.15, 0.2) is 0 Å². The van der Waals surface area contributed by atoms with Crippen molar-refractivity contribution >= 4 is 5.69 Å². The fourth-order valence-corrected chi connectivity index (χ4v) is 1.58. The number of pyridine rings is 1. The molecule has 0 spiro atoms.